The maximum atomic E-state index is 13.9. The Morgan fingerprint density at radius 2 is 0.590 bits per heavy atom. The third-order valence-corrected chi connectivity index (χ3v) is 9.11. The Labute approximate surface area is 242 Å². The molecule has 6 nitrogen and oxygen atoms in total. The Kier molecular flexibility index (Phi) is 21.0. The molecule has 0 aliphatic heterocycles. The molecule has 0 atom stereocenters. The SMILES string of the molecule is CCCCC[N+](CCCCC)(CCCCC)C(C(=O)O)(C(=O)O)[N+](CCCCC)(CCCCC)CCCCC. The van der Waals surface area contributed by atoms with E-state index in [-0.39, 0.29) is 8.97 Å². The number of nitrogens with zero attached hydrogens (tertiary/aromatic N) is 2. The molecule has 232 valence electrons. The van der Waals surface area contributed by atoms with E-state index in [1.807, 2.05) is 0 Å². The highest BCUT2D eigenvalue weighted by molar-refractivity contribution is 5.99. The summed E-state index contributed by atoms with van der Waals surface area (Å²) < 4.78 is 0.421. The van der Waals surface area contributed by atoms with E-state index in [1.165, 1.54) is 0 Å². The van der Waals surface area contributed by atoms with E-state index < -0.39 is 17.6 Å². The fraction of sp³-hybridized carbons (Fsp3) is 0.939. The van der Waals surface area contributed by atoms with Crippen LogP contribution in [0.2, 0.25) is 0 Å². The first-order chi connectivity index (χ1) is 18.8. The van der Waals surface area contributed by atoms with E-state index in [0.29, 0.717) is 39.3 Å². The van der Waals surface area contributed by atoms with Gasteiger partial charge < -0.3 is 10.2 Å². The van der Waals surface area contributed by atoms with Crippen molar-refractivity contribution in [3.63, 3.8) is 0 Å². The second kappa shape index (κ2) is 21.6. The van der Waals surface area contributed by atoms with Gasteiger partial charge in [0.1, 0.15) is 0 Å². The number of hydrogen-bond donors (Lipinski definition) is 2. The van der Waals surface area contributed by atoms with Gasteiger partial charge in [0.2, 0.25) is 0 Å². The van der Waals surface area contributed by atoms with Gasteiger partial charge in [0, 0.05) is 0 Å². The molecule has 0 radical (unpaired) electrons. The second-order valence-corrected chi connectivity index (χ2v) is 12.2. The highest BCUT2D eigenvalue weighted by Crippen LogP contribution is 2.41. The predicted octanol–water partition coefficient (Wildman–Crippen LogP) is 8.63. The number of hydrogen-bond acceptors (Lipinski definition) is 2. The molecular weight excluding hydrogens is 488 g/mol. The van der Waals surface area contributed by atoms with Crippen LogP contribution in [-0.4, -0.2) is 76.0 Å². The molecule has 0 fully saturated rings. The minimum Gasteiger partial charge on any atom is -0.471 e. The lowest BCUT2D eigenvalue weighted by Crippen LogP contribution is -2.86. The molecule has 0 saturated heterocycles. The number of carboxylic acids is 2. The molecule has 0 rings (SSSR count). The fourth-order valence-electron chi connectivity index (χ4n) is 6.98. The first-order valence-corrected chi connectivity index (χ1v) is 16.9. The van der Waals surface area contributed by atoms with Crippen LogP contribution >= 0.6 is 0 Å². The van der Waals surface area contributed by atoms with Crippen molar-refractivity contribution >= 4 is 11.9 Å². The van der Waals surface area contributed by atoms with Gasteiger partial charge in [0.15, 0.2) is 0 Å². The minimum atomic E-state index is -1.87. The maximum Gasteiger partial charge on any atom is 0.439 e. The predicted molar refractivity (Wildman–Crippen MR) is 165 cm³/mol. The van der Waals surface area contributed by atoms with Crippen LogP contribution < -0.4 is 0 Å². The zero-order valence-electron chi connectivity index (χ0n) is 27.1. The first kappa shape index (κ1) is 37.9. The van der Waals surface area contributed by atoms with E-state index in [2.05, 4.69) is 41.5 Å². The summed E-state index contributed by atoms with van der Waals surface area (Å²) in [5, 5.41) is 22.8. The van der Waals surface area contributed by atoms with E-state index >= 15 is 0 Å². The zero-order valence-corrected chi connectivity index (χ0v) is 27.1. The fourth-order valence-corrected chi connectivity index (χ4v) is 6.98. The van der Waals surface area contributed by atoms with E-state index in [0.717, 1.165) is 116 Å². The van der Waals surface area contributed by atoms with Gasteiger partial charge in [0.25, 0.3) is 0 Å². The van der Waals surface area contributed by atoms with Gasteiger partial charge in [-0.15, -0.1) is 0 Å². The number of aliphatic carboxylic acids is 2. The Hall–Kier alpha value is -1.14. The van der Waals surface area contributed by atoms with E-state index in [4.69, 9.17) is 0 Å². The first-order valence-electron chi connectivity index (χ1n) is 16.9. The monoisotopic (exact) mass is 557 g/mol. The van der Waals surface area contributed by atoms with E-state index in [9.17, 15) is 19.8 Å². The van der Waals surface area contributed by atoms with Crippen LogP contribution in [0.5, 0.6) is 0 Å². The Bertz CT molecular complexity index is 530. The molecule has 0 saturated carbocycles. The zero-order chi connectivity index (χ0) is 29.6. The van der Waals surface area contributed by atoms with Crippen molar-refractivity contribution in [3.05, 3.63) is 0 Å². The van der Waals surface area contributed by atoms with Crippen molar-refractivity contribution in [1.29, 1.82) is 0 Å². The van der Waals surface area contributed by atoms with Crippen molar-refractivity contribution < 1.29 is 28.8 Å². The number of carbonyl (C=O) groups is 2. The second-order valence-electron chi connectivity index (χ2n) is 12.2. The van der Waals surface area contributed by atoms with Crippen LogP contribution in [0.25, 0.3) is 0 Å². The van der Waals surface area contributed by atoms with Crippen LogP contribution in [0.1, 0.15) is 157 Å². The highest BCUT2D eigenvalue weighted by atomic mass is 16.4. The molecule has 39 heavy (non-hydrogen) atoms. The van der Waals surface area contributed by atoms with Gasteiger partial charge in [-0.25, -0.2) is 9.59 Å². The standard InChI is InChI=1S/C33H66N2O4/c1-7-13-19-25-34(26-20-14-8-2,27-21-15-9-3)33(31(36)37,32(38)39)35(28-22-16-10-4,29-23-17-11-5)30-24-18-12-6/h7-30H2,1-6H3/p+2. The molecule has 0 aliphatic rings. The topological polar surface area (TPSA) is 74.6 Å². The third-order valence-electron chi connectivity index (χ3n) is 9.11. The lowest BCUT2D eigenvalue weighted by atomic mass is 9.91. The Morgan fingerprint density at radius 1 is 0.410 bits per heavy atom. The quantitative estimate of drug-likeness (QED) is 0.0438. The number of rotatable bonds is 28. The molecule has 6 heteroatoms. The van der Waals surface area contributed by atoms with Gasteiger partial charge in [0.05, 0.1) is 39.3 Å². The minimum absolute atomic E-state index is 0.210. The molecular formula is C33H68N2O4+2. The summed E-state index contributed by atoms with van der Waals surface area (Å²) in [6.07, 6.45) is 17.6. The summed E-state index contributed by atoms with van der Waals surface area (Å²) in [7, 11) is 0. The molecule has 0 aliphatic carbocycles. The maximum absolute atomic E-state index is 13.9. The highest BCUT2D eigenvalue weighted by Gasteiger charge is 2.75. The van der Waals surface area contributed by atoms with Crippen LogP contribution in [0.4, 0.5) is 0 Å². The summed E-state index contributed by atoms with van der Waals surface area (Å²) >= 11 is 0. The van der Waals surface area contributed by atoms with Crippen LogP contribution in [0.15, 0.2) is 0 Å². The van der Waals surface area contributed by atoms with Crippen molar-refractivity contribution in [2.24, 2.45) is 0 Å². The van der Waals surface area contributed by atoms with E-state index in [1.54, 1.807) is 0 Å². The number of carboxylic acid groups (broad SMARTS) is 2. The summed E-state index contributed by atoms with van der Waals surface area (Å²) in [4.78, 5) is 27.9. The molecule has 0 heterocycles. The Morgan fingerprint density at radius 3 is 0.718 bits per heavy atom. The smallest absolute Gasteiger partial charge is 0.439 e. The van der Waals surface area contributed by atoms with Crippen molar-refractivity contribution in [2.75, 3.05) is 39.3 Å². The summed E-state index contributed by atoms with van der Waals surface area (Å²) in [6, 6.07) is 0. The lowest BCUT2D eigenvalue weighted by molar-refractivity contribution is -1.14. The van der Waals surface area contributed by atoms with Gasteiger partial charge in [-0.3, -0.25) is 8.97 Å². The number of unbranched alkanes of at least 4 members (excludes halogenated alkanes) is 12. The van der Waals surface area contributed by atoms with Gasteiger partial charge in [-0.1, -0.05) is 80.1 Å². The van der Waals surface area contributed by atoms with Crippen LogP contribution in [0, 0.1) is 0 Å². The third kappa shape index (κ3) is 10.6. The largest absolute Gasteiger partial charge is 0.471 e. The van der Waals surface area contributed by atoms with Gasteiger partial charge in [-0.05, 0) is 77.0 Å². The van der Waals surface area contributed by atoms with Crippen molar-refractivity contribution in [2.45, 2.75) is 163 Å². The molecule has 2 N–H and O–H groups in total. The van der Waals surface area contributed by atoms with Gasteiger partial charge in [-0.2, -0.15) is 0 Å². The summed E-state index contributed by atoms with van der Waals surface area (Å²) in [5.41, 5.74) is -1.87. The molecule has 0 unspecified atom stereocenters. The van der Waals surface area contributed by atoms with Crippen molar-refractivity contribution in [3.8, 4) is 0 Å². The molecule has 0 aromatic carbocycles. The molecule has 0 aromatic heterocycles. The normalized spacial score (nSPS) is 12.7. The molecule has 0 bridgehead atoms. The van der Waals surface area contributed by atoms with Crippen LogP contribution in [-0.2, 0) is 9.59 Å². The summed E-state index contributed by atoms with van der Waals surface area (Å²) in [6.45, 7) is 16.9. The average Bonchev–Trinajstić information content (AvgIpc) is 2.89. The Balaban J connectivity index is 7.49. The molecule has 0 spiro atoms. The number of quaternary nitrogens is 2. The summed E-state index contributed by atoms with van der Waals surface area (Å²) in [5.74, 6) is -2.19. The van der Waals surface area contributed by atoms with Gasteiger partial charge >= 0.3 is 17.6 Å². The molecule has 0 amide bonds. The average molecular weight is 557 g/mol. The van der Waals surface area contributed by atoms with Crippen LogP contribution in [0.3, 0.4) is 0 Å². The van der Waals surface area contributed by atoms with Crippen molar-refractivity contribution in [1.82, 2.24) is 0 Å². The lowest BCUT2D eigenvalue weighted by Gasteiger charge is -2.57. The molecule has 0 aromatic rings.